The Bertz CT molecular complexity index is 220. The van der Waals surface area contributed by atoms with Gasteiger partial charge in [0.1, 0.15) is 0 Å². The fourth-order valence-electron chi connectivity index (χ4n) is 0.873. The predicted octanol–water partition coefficient (Wildman–Crippen LogP) is 2.72. The molecular weight excluding hydrogens is 190 g/mol. The van der Waals surface area contributed by atoms with Crippen LogP contribution in [0.5, 0.6) is 0 Å². The molecule has 1 aromatic rings. The summed E-state index contributed by atoms with van der Waals surface area (Å²) in [5, 5.41) is 0. The number of nitrogens with two attached hydrogens (primary N) is 1. The lowest BCUT2D eigenvalue weighted by molar-refractivity contribution is 1.13. The normalized spacial score (nSPS) is 13.0. The van der Waals surface area contributed by atoms with Gasteiger partial charge in [0, 0.05) is 10.5 Å². The lowest BCUT2D eigenvalue weighted by Gasteiger charge is -2.05. The maximum atomic E-state index is 5.69. The summed E-state index contributed by atoms with van der Waals surface area (Å²) in [6, 6.07) is 7.86. The van der Waals surface area contributed by atoms with Gasteiger partial charge in [0.05, 0.1) is 0 Å². The minimum absolute atomic E-state index is 0.341. The summed E-state index contributed by atoms with van der Waals surface area (Å²) >= 11 is 3.45. The molecule has 1 aromatic carbocycles. The first-order chi connectivity index (χ1) is 4.72. The molecular formula is C8H10BrN. The third-order valence-corrected chi connectivity index (χ3v) is 1.92. The number of hydrogen-bond acceptors (Lipinski definition) is 1. The van der Waals surface area contributed by atoms with E-state index in [-0.39, 0.29) is 0 Å². The van der Waals surface area contributed by atoms with Crippen molar-refractivity contribution < 1.29 is 0 Å². The molecule has 0 aliphatic carbocycles. The molecule has 0 spiro atoms. The van der Waals surface area contributed by atoms with E-state index in [1.807, 2.05) is 24.3 Å². The molecule has 0 saturated heterocycles. The van der Waals surface area contributed by atoms with Crippen LogP contribution in [0.15, 0.2) is 24.3 Å². The van der Waals surface area contributed by atoms with Crippen LogP contribution in [0, 0.1) is 0 Å². The quantitative estimate of drug-likeness (QED) is 0.547. The molecule has 0 radical (unpaired) electrons. The third-order valence-electron chi connectivity index (χ3n) is 1.42. The highest BCUT2D eigenvalue weighted by molar-refractivity contribution is 9.09. The van der Waals surface area contributed by atoms with Crippen LogP contribution in [-0.4, -0.2) is 0 Å². The highest BCUT2D eigenvalue weighted by Gasteiger charge is 2.01. The summed E-state index contributed by atoms with van der Waals surface area (Å²) in [6.07, 6.45) is 0. The van der Waals surface area contributed by atoms with Crippen LogP contribution < -0.4 is 5.73 Å². The molecule has 0 fully saturated rings. The highest BCUT2D eigenvalue weighted by Crippen LogP contribution is 2.25. The number of halogens is 1. The van der Waals surface area contributed by atoms with Gasteiger partial charge in [-0.1, -0.05) is 34.1 Å². The molecule has 54 valence electrons. The van der Waals surface area contributed by atoms with E-state index in [9.17, 15) is 0 Å². The van der Waals surface area contributed by atoms with Gasteiger partial charge in [0.2, 0.25) is 0 Å². The van der Waals surface area contributed by atoms with E-state index in [2.05, 4.69) is 22.9 Å². The average Bonchev–Trinajstić information content (AvgIpc) is 1.88. The molecule has 1 atom stereocenters. The Hall–Kier alpha value is -0.500. The van der Waals surface area contributed by atoms with E-state index in [1.165, 1.54) is 0 Å². The number of anilines is 1. The zero-order chi connectivity index (χ0) is 7.56. The van der Waals surface area contributed by atoms with E-state index in [1.54, 1.807) is 0 Å². The maximum Gasteiger partial charge on any atom is 0.0387 e. The van der Waals surface area contributed by atoms with Crippen LogP contribution >= 0.6 is 15.9 Å². The van der Waals surface area contributed by atoms with Crippen LogP contribution in [0.25, 0.3) is 0 Å². The zero-order valence-electron chi connectivity index (χ0n) is 5.84. The van der Waals surface area contributed by atoms with Crippen molar-refractivity contribution in [3.63, 3.8) is 0 Å². The molecule has 0 aliphatic rings. The molecule has 1 unspecified atom stereocenters. The molecule has 2 heteroatoms. The van der Waals surface area contributed by atoms with Crippen molar-refractivity contribution in [2.24, 2.45) is 0 Å². The number of benzene rings is 1. The molecule has 0 aliphatic heterocycles. The Morgan fingerprint density at radius 1 is 1.40 bits per heavy atom. The standard InChI is InChI=1S/C8H10BrN/c1-6(9)7-4-2-3-5-8(7)10/h2-6H,10H2,1H3. The molecule has 2 N–H and O–H groups in total. The van der Waals surface area contributed by atoms with Gasteiger partial charge in [-0.3, -0.25) is 0 Å². The topological polar surface area (TPSA) is 26.0 Å². The van der Waals surface area contributed by atoms with Crippen molar-refractivity contribution in [1.82, 2.24) is 0 Å². The van der Waals surface area contributed by atoms with Gasteiger partial charge in [-0.2, -0.15) is 0 Å². The summed E-state index contributed by atoms with van der Waals surface area (Å²) in [6.45, 7) is 2.06. The van der Waals surface area contributed by atoms with Crippen LogP contribution in [0.2, 0.25) is 0 Å². The summed E-state index contributed by atoms with van der Waals surface area (Å²) < 4.78 is 0. The molecule has 1 nitrogen and oxygen atoms in total. The van der Waals surface area contributed by atoms with Crippen molar-refractivity contribution in [1.29, 1.82) is 0 Å². The average molecular weight is 200 g/mol. The third kappa shape index (κ3) is 1.51. The lowest BCUT2D eigenvalue weighted by atomic mass is 10.1. The van der Waals surface area contributed by atoms with Crippen molar-refractivity contribution in [3.05, 3.63) is 29.8 Å². The highest BCUT2D eigenvalue weighted by atomic mass is 79.9. The van der Waals surface area contributed by atoms with Gasteiger partial charge in [0.15, 0.2) is 0 Å². The van der Waals surface area contributed by atoms with E-state index < -0.39 is 0 Å². The van der Waals surface area contributed by atoms with Crippen molar-refractivity contribution >= 4 is 21.6 Å². The van der Waals surface area contributed by atoms with Crippen LogP contribution in [0.4, 0.5) is 5.69 Å². The fourth-order valence-corrected chi connectivity index (χ4v) is 1.29. The monoisotopic (exact) mass is 199 g/mol. The van der Waals surface area contributed by atoms with E-state index in [0.717, 1.165) is 11.3 Å². The second-order valence-electron chi connectivity index (χ2n) is 2.24. The van der Waals surface area contributed by atoms with E-state index >= 15 is 0 Å². The largest absolute Gasteiger partial charge is 0.398 e. The van der Waals surface area contributed by atoms with Crippen molar-refractivity contribution in [3.8, 4) is 0 Å². The van der Waals surface area contributed by atoms with Crippen LogP contribution in [-0.2, 0) is 0 Å². The Morgan fingerprint density at radius 3 is 2.40 bits per heavy atom. The van der Waals surface area contributed by atoms with Gasteiger partial charge >= 0.3 is 0 Å². The van der Waals surface area contributed by atoms with Crippen molar-refractivity contribution in [2.75, 3.05) is 5.73 Å². The Kier molecular flexibility index (Phi) is 2.33. The molecule has 10 heavy (non-hydrogen) atoms. The van der Waals surface area contributed by atoms with Gasteiger partial charge in [0.25, 0.3) is 0 Å². The SMILES string of the molecule is CC(Br)c1ccccc1N. The summed E-state index contributed by atoms with van der Waals surface area (Å²) in [5.74, 6) is 0. The number of hydrogen-bond donors (Lipinski definition) is 1. The number of para-hydroxylation sites is 1. The summed E-state index contributed by atoms with van der Waals surface area (Å²) in [5.41, 5.74) is 7.70. The molecule has 0 aromatic heterocycles. The van der Waals surface area contributed by atoms with Crippen LogP contribution in [0.1, 0.15) is 17.3 Å². The Balaban J connectivity index is 3.03. The van der Waals surface area contributed by atoms with Gasteiger partial charge < -0.3 is 5.73 Å². The molecule has 1 rings (SSSR count). The van der Waals surface area contributed by atoms with Gasteiger partial charge in [-0.15, -0.1) is 0 Å². The molecule has 0 bridgehead atoms. The summed E-state index contributed by atoms with van der Waals surface area (Å²) in [7, 11) is 0. The van der Waals surface area contributed by atoms with Crippen molar-refractivity contribution in [2.45, 2.75) is 11.8 Å². The number of rotatable bonds is 1. The number of alkyl halides is 1. The zero-order valence-corrected chi connectivity index (χ0v) is 7.43. The van der Waals surface area contributed by atoms with E-state index in [4.69, 9.17) is 5.73 Å². The van der Waals surface area contributed by atoms with Gasteiger partial charge in [-0.05, 0) is 18.6 Å². The maximum absolute atomic E-state index is 5.69. The lowest BCUT2D eigenvalue weighted by Crippen LogP contribution is -1.92. The molecule has 0 saturated carbocycles. The minimum atomic E-state index is 0.341. The first-order valence-electron chi connectivity index (χ1n) is 3.20. The molecule has 0 heterocycles. The van der Waals surface area contributed by atoms with Crippen LogP contribution in [0.3, 0.4) is 0 Å². The Labute approximate surface area is 69.4 Å². The Morgan fingerprint density at radius 2 is 2.00 bits per heavy atom. The van der Waals surface area contributed by atoms with Gasteiger partial charge in [-0.25, -0.2) is 0 Å². The van der Waals surface area contributed by atoms with E-state index in [0.29, 0.717) is 4.83 Å². The number of nitrogen functional groups attached to an aromatic ring is 1. The summed E-state index contributed by atoms with van der Waals surface area (Å²) in [4.78, 5) is 0.341. The minimum Gasteiger partial charge on any atom is -0.398 e. The molecule has 0 amide bonds. The first kappa shape index (κ1) is 7.61. The second-order valence-corrected chi connectivity index (χ2v) is 3.62. The first-order valence-corrected chi connectivity index (χ1v) is 4.12. The predicted molar refractivity (Wildman–Crippen MR) is 48.2 cm³/mol. The second kappa shape index (κ2) is 3.06. The fraction of sp³-hybridized carbons (Fsp3) is 0.250. The smallest absolute Gasteiger partial charge is 0.0387 e.